The minimum absolute atomic E-state index is 0.0649. The summed E-state index contributed by atoms with van der Waals surface area (Å²) in [5, 5.41) is 2.69. The molecular weight excluding hydrogens is 214 g/mol. The minimum atomic E-state index is -0.0649. The molecule has 0 aromatic heterocycles. The summed E-state index contributed by atoms with van der Waals surface area (Å²) in [6.45, 7) is 4.17. The highest BCUT2D eigenvalue weighted by molar-refractivity contribution is 5.98. The quantitative estimate of drug-likeness (QED) is 0.868. The summed E-state index contributed by atoms with van der Waals surface area (Å²) in [6.07, 6.45) is 2.50. The molecule has 1 aromatic carbocycles. The number of ether oxygens (including phenoxy) is 1. The molecule has 0 bridgehead atoms. The van der Waals surface area contributed by atoms with Gasteiger partial charge in [0.25, 0.3) is 5.91 Å². The van der Waals surface area contributed by atoms with Crippen molar-refractivity contribution in [2.45, 2.75) is 38.7 Å². The fourth-order valence-electron chi connectivity index (χ4n) is 1.86. The summed E-state index contributed by atoms with van der Waals surface area (Å²) in [6, 6.07) is 5.84. The number of benzene rings is 1. The number of rotatable bonds is 4. The number of amides is 1. The number of hydrogen-bond donors (Lipinski definition) is 1. The molecule has 92 valence electrons. The fraction of sp³-hybridized carbons (Fsp3) is 0.500. The zero-order valence-electron chi connectivity index (χ0n) is 10.6. The molecule has 0 heterocycles. The van der Waals surface area contributed by atoms with Crippen LogP contribution in [0.3, 0.4) is 0 Å². The van der Waals surface area contributed by atoms with Crippen LogP contribution in [0.2, 0.25) is 0 Å². The lowest BCUT2D eigenvalue weighted by Gasteiger charge is -2.16. The van der Waals surface area contributed by atoms with Crippen LogP contribution in [0.5, 0.6) is 5.75 Å². The van der Waals surface area contributed by atoms with E-state index in [0.717, 1.165) is 24.2 Å². The maximum Gasteiger partial charge on any atom is 0.255 e. The maximum absolute atomic E-state index is 12.0. The average Bonchev–Trinajstić information content (AvgIpc) is 3.11. The lowest BCUT2D eigenvalue weighted by molar-refractivity contribution is 0.0957. The molecule has 1 saturated carbocycles. The highest BCUT2D eigenvalue weighted by Crippen LogP contribution is 2.33. The van der Waals surface area contributed by atoms with E-state index in [0.29, 0.717) is 17.6 Å². The average molecular weight is 233 g/mol. The van der Waals surface area contributed by atoms with Crippen molar-refractivity contribution in [3.8, 4) is 5.75 Å². The molecular formula is C14H19NO2. The first-order valence-corrected chi connectivity index (χ1v) is 6.15. The summed E-state index contributed by atoms with van der Waals surface area (Å²) in [5.74, 6) is 0.966. The number of carbonyl (C=O) groups is 1. The molecule has 3 nitrogen and oxygen atoms in total. The molecule has 0 atom stereocenters. The Hall–Kier alpha value is -1.51. The predicted molar refractivity (Wildman–Crippen MR) is 67.6 cm³/mol. The molecule has 3 heteroatoms. The van der Waals surface area contributed by atoms with Gasteiger partial charge in [-0.05, 0) is 30.4 Å². The highest BCUT2D eigenvalue weighted by Gasteiger charge is 2.27. The molecule has 2 rings (SSSR count). The fourth-order valence-corrected chi connectivity index (χ4v) is 1.86. The van der Waals surface area contributed by atoms with Gasteiger partial charge >= 0.3 is 0 Å². The van der Waals surface area contributed by atoms with Crippen LogP contribution in [0.4, 0.5) is 0 Å². The van der Waals surface area contributed by atoms with E-state index < -0.39 is 0 Å². The third kappa shape index (κ3) is 2.60. The highest BCUT2D eigenvalue weighted by atomic mass is 16.5. The molecule has 0 radical (unpaired) electrons. The van der Waals surface area contributed by atoms with E-state index in [1.54, 1.807) is 7.05 Å². The van der Waals surface area contributed by atoms with Crippen molar-refractivity contribution in [1.82, 2.24) is 5.32 Å². The Balaban J connectivity index is 2.41. The molecule has 1 aromatic rings. The SMILES string of the molecule is CNC(=O)c1c(OC2CC2)cccc1C(C)C. The Morgan fingerprint density at radius 3 is 2.65 bits per heavy atom. The molecule has 1 fully saturated rings. The summed E-state index contributed by atoms with van der Waals surface area (Å²) in [5.41, 5.74) is 1.74. The monoisotopic (exact) mass is 233 g/mol. The van der Waals surface area contributed by atoms with Gasteiger partial charge in [-0.2, -0.15) is 0 Å². The third-order valence-corrected chi connectivity index (χ3v) is 2.95. The topological polar surface area (TPSA) is 38.3 Å². The Morgan fingerprint density at radius 1 is 1.41 bits per heavy atom. The van der Waals surface area contributed by atoms with Crippen LogP contribution in [0, 0.1) is 0 Å². The second-order valence-corrected chi connectivity index (χ2v) is 4.77. The molecule has 0 aliphatic heterocycles. The van der Waals surface area contributed by atoms with Crippen LogP contribution < -0.4 is 10.1 Å². The Morgan fingerprint density at radius 2 is 2.12 bits per heavy atom. The van der Waals surface area contributed by atoms with E-state index in [9.17, 15) is 4.79 Å². The van der Waals surface area contributed by atoms with Gasteiger partial charge in [-0.3, -0.25) is 4.79 Å². The zero-order valence-corrected chi connectivity index (χ0v) is 10.6. The van der Waals surface area contributed by atoms with E-state index >= 15 is 0 Å². The van der Waals surface area contributed by atoms with Crippen molar-refractivity contribution >= 4 is 5.91 Å². The molecule has 1 N–H and O–H groups in total. The van der Waals surface area contributed by atoms with Crippen LogP contribution in [-0.2, 0) is 0 Å². The molecule has 0 spiro atoms. The van der Waals surface area contributed by atoms with Crippen LogP contribution in [0.1, 0.15) is 48.5 Å². The lowest BCUT2D eigenvalue weighted by Crippen LogP contribution is -2.21. The molecule has 0 saturated heterocycles. The third-order valence-electron chi connectivity index (χ3n) is 2.95. The lowest BCUT2D eigenvalue weighted by atomic mass is 9.96. The van der Waals surface area contributed by atoms with Gasteiger partial charge in [0.15, 0.2) is 0 Å². The number of nitrogens with one attached hydrogen (secondary N) is 1. The summed E-state index contributed by atoms with van der Waals surface area (Å²) < 4.78 is 5.81. The summed E-state index contributed by atoms with van der Waals surface area (Å²) >= 11 is 0. The normalized spacial score (nSPS) is 14.8. The molecule has 1 amide bonds. The Bertz CT molecular complexity index is 422. The van der Waals surface area contributed by atoms with Gasteiger partial charge in [-0.15, -0.1) is 0 Å². The van der Waals surface area contributed by atoms with Gasteiger partial charge in [0, 0.05) is 7.05 Å². The van der Waals surface area contributed by atoms with Gasteiger partial charge in [-0.1, -0.05) is 26.0 Å². The van der Waals surface area contributed by atoms with Crippen LogP contribution in [0.25, 0.3) is 0 Å². The Labute approximate surface area is 102 Å². The van der Waals surface area contributed by atoms with Crippen LogP contribution in [-0.4, -0.2) is 19.1 Å². The smallest absolute Gasteiger partial charge is 0.255 e. The van der Waals surface area contributed by atoms with E-state index in [-0.39, 0.29) is 5.91 Å². The van der Waals surface area contributed by atoms with E-state index in [1.807, 2.05) is 18.2 Å². The largest absolute Gasteiger partial charge is 0.490 e. The van der Waals surface area contributed by atoms with Gasteiger partial charge < -0.3 is 10.1 Å². The molecule has 1 aliphatic carbocycles. The molecule has 0 unspecified atom stereocenters. The second-order valence-electron chi connectivity index (χ2n) is 4.77. The van der Waals surface area contributed by atoms with Crippen LogP contribution >= 0.6 is 0 Å². The van der Waals surface area contributed by atoms with E-state index in [4.69, 9.17) is 4.74 Å². The van der Waals surface area contributed by atoms with Gasteiger partial charge in [0.1, 0.15) is 5.75 Å². The van der Waals surface area contributed by atoms with Crippen molar-refractivity contribution in [3.63, 3.8) is 0 Å². The standard InChI is InChI=1S/C14H19NO2/c1-9(2)11-5-4-6-12(17-10-7-8-10)13(11)14(16)15-3/h4-6,9-10H,7-8H2,1-3H3,(H,15,16). The first kappa shape index (κ1) is 12.0. The van der Waals surface area contributed by atoms with Gasteiger partial charge in [-0.25, -0.2) is 0 Å². The maximum atomic E-state index is 12.0. The number of carbonyl (C=O) groups excluding carboxylic acids is 1. The van der Waals surface area contributed by atoms with E-state index in [1.165, 1.54) is 0 Å². The van der Waals surface area contributed by atoms with Crippen molar-refractivity contribution in [3.05, 3.63) is 29.3 Å². The molecule has 17 heavy (non-hydrogen) atoms. The van der Waals surface area contributed by atoms with Crippen molar-refractivity contribution in [2.24, 2.45) is 0 Å². The van der Waals surface area contributed by atoms with Gasteiger partial charge in [0.05, 0.1) is 11.7 Å². The second kappa shape index (κ2) is 4.78. The van der Waals surface area contributed by atoms with Crippen LogP contribution in [0.15, 0.2) is 18.2 Å². The van der Waals surface area contributed by atoms with Crippen molar-refractivity contribution < 1.29 is 9.53 Å². The number of hydrogen-bond acceptors (Lipinski definition) is 2. The van der Waals surface area contributed by atoms with Crippen molar-refractivity contribution in [2.75, 3.05) is 7.05 Å². The molecule has 1 aliphatic rings. The van der Waals surface area contributed by atoms with Gasteiger partial charge in [0.2, 0.25) is 0 Å². The summed E-state index contributed by atoms with van der Waals surface area (Å²) in [7, 11) is 1.65. The van der Waals surface area contributed by atoms with E-state index in [2.05, 4.69) is 19.2 Å². The predicted octanol–water partition coefficient (Wildman–Crippen LogP) is 2.71. The first-order valence-electron chi connectivity index (χ1n) is 6.15. The first-order chi connectivity index (χ1) is 8.13. The Kier molecular flexibility index (Phi) is 3.36. The summed E-state index contributed by atoms with van der Waals surface area (Å²) in [4.78, 5) is 12.0. The van der Waals surface area contributed by atoms with Crippen molar-refractivity contribution in [1.29, 1.82) is 0 Å². The zero-order chi connectivity index (χ0) is 12.4. The minimum Gasteiger partial charge on any atom is -0.490 e.